The molecule has 92 valence electrons. The average molecular weight is 233 g/mol. The maximum Gasteiger partial charge on any atom is 0.131 e. The van der Waals surface area contributed by atoms with Crippen LogP contribution in [0.15, 0.2) is 12.3 Å². The first kappa shape index (κ1) is 11.1. The van der Waals surface area contributed by atoms with Gasteiger partial charge in [0.15, 0.2) is 0 Å². The lowest BCUT2D eigenvalue weighted by Gasteiger charge is -2.35. The normalized spacial score (nSPS) is 32.9. The second kappa shape index (κ2) is 4.35. The Hall–Kier alpha value is -1.00. The number of aliphatic hydroxyl groups is 1. The molecule has 2 bridgehead atoms. The van der Waals surface area contributed by atoms with E-state index in [-0.39, 0.29) is 6.61 Å². The average Bonchev–Trinajstić information content (AvgIpc) is 2.61. The first-order chi connectivity index (χ1) is 8.28. The zero-order valence-electron chi connectivity index (χ0n) is 10.2. The highest BCUT2D eigenvalue weighted by Gasteiger charge is 2.39. The molecule has 0 aromatic carbocycles. The molecule has 0 saturated carbocycles. The topological polar surface area (TPSA) is 49.2 Å². The van der Waals surface area contributed by atoms with Crippen LogP contribution in [0.25, 0.3) is 0 Å². The number of rotatable bonds is 2. The van der Waals surface area contributed by atoms with Gasteiger partial charge in [-0.05, 0) is 38.8 Å². The maximum atomic E-state index is 9.12. The molecule has 2 fully saturated rings. The Balaban J connectivity index is 1.81. The van der Waals surface area contributed by atoms with Gasteiger partial charge < -0.3 is 10.0 Å². The van der Waals surface area contributed by atoms with Crippen LogP contribution in [0.3, 0.4) is 0 Å². The molecular weight excluding hydrogens is 214 g/mol. The summed E-state index contributed by atoms with van der Waals surface area (Å²) < 4.78 is 0. The van der Waals surface area contributed by atoms with E-state index in [1.165, 1.54) is 25.7 Å². The van der Waals surface area contributed by atoms with Gasteiger partial charge in [-0.15, -0.1) is 0 Å². The maximum absolute atomic E-state index is 9.12. The third-order valence-corrected chi connectivity index (χ3v) is 4.36. The lowest BCUT2D eigenvalue weighted by molar-refractivity contribution is 0.158. The van der Waals surface area contributed by atoms with Crippen molar-refractivity contribution in [2.45, 2.75) is 50.3 Å². The van der Waals surface area contributed by atoms with Gasteiger partial charge in [-0.25, -0.2) is 9.97 Å². The summed E-state index contributed by atoms with van der Waals surface area (Å²) in [7, 11) is 2.24. The molecular formula is C13H19N3O. The summed E-state index contributed by atoms with van der Waals surface area (Å²) in [5, 5.41) is 9.12. The van der Waals surface area contributed by atoms with E-state index in [1.54, 1.807) is 12.3 Å². The minimum atomic E-state index is 0.00893. The Morgan fingerprint density at radius 3 is 2.71 bits per heavy atom. The van der Waals surface area contributed by atoms with Crippen molar-refractivity contribution in [3.05, 3.63) is 23.8 Å². The first-order valence-corrected chi connectivity index (χ1v) is 6.42. The molecule has 4 nitrogen and oxygen atoms in total. The minimum absolute atomic E-state index is 0.00893. The van der Waals surface area contributed by atoms with E-state index in [4.69, 9.17) is 5.11 Å². The van der Waals surface area contributed by atoms with Crippen molar-refractivity contribution >= 4 is 0 Å². The Bertz CT molecular complexity index is 395. The van der Waals surface area contributed by atoms with Gasteiger partial charge in [-0.2, -0.15) is 0 Å². The van der Waals surface area contributed by atoms with Crippen molar-refractivity contribution in [1.82, 2.24) is 14.9 Å². The van der Waals surface area contributed by atoms with E-state index in [2.05, 4.69) is 21.9 Å². The fourth-order valence-corrected chi connectivity index (χ4v) is 3.32. The SMILES string of the molecule is CN1C2CCC1CC(c1nccc(CO)n1)C2. The molecule has 0 radical (unpaired) electrons. The highest BCUT2D eigenvalue weighted by Crippen LogP contribution is 2.40. The van der Waals surface area contributed by atoms with Crippen LogP contribution in [0, 0.1) is 0 Å². The van der Waals surface area contributed by atoms with Gasteiger partial charge in [0.2, 0.25) is 0 Å². The number of aliphatic hydroxyl groups excluding tert-OH is 1. The predicted molar refractivity (Wildman–Crippen MR) is 64.5 cm³/mol. The lowest BCUT2D eigenvalue weighted by atomic mass is 9.90. The Labute approximate surface area is 102 Å². The summed E-state index contributed by atoms with van der Waals surface area (Å²) in [6.45, 7) is 0.00893. The number of fused-ring (bicyclic) bond motifs is 2. The van der Waals surface area contributed by atoms with Crippen LogP contribution in [-0.4, -0.2) is 39.1 Å². The van der Waals surface area contributed by atoms with Crippen LogP contribution in [-0.2, 0) is 6.61 Å². The molecule has 2 aliphatic rings. The Morgan fingerprint density at radius 1 is 1.35 bits per heavy atom. The summed E-state index contributed by atoms with van der Waals surface area (Å²) in [5.41, 5.74) is 0.737. The van der Waals surface area contributed by atoms with Crippen molar-refractivity contribution in [1.29, 1.82) is 0 Å². The van der Waals surface area contributed by atoms with E-state index < -0.39 is 0 Å². The minimum Gasteiger partial charge on any atom is -0.390 e. The van der Waals surface area contributed by atoms with E-state index >= 15 is 0 Å². The van der Waals surface area contributed by atoms with Crippen LogP contribution in [0.2, 0.25) is 0 Å². The first-order valence-electron chi connectivity index (χ1n) is 6.42. The molecule has 2 aliphatic heterocycles. The Morgan fingerprint density at radius 2 is 2.06 bits per heavy atom. The molecule has 2 saturated heterocycles. The van der Waals surface area contributed by atoms with Crippen molar-refractivity contribution < 1.29 is 5.11 Å². The molecule has 1 aromatic heterocycles. The van der Waals surface area contributed by atoms with Gasteiger partial charge in [0.1, 0.15) is 5.82 Å². The molecule has 17 heavy (non-hydrogen) atoms. The molecule has 1 aromatic rings. The highest BCUT2D eigenvalue weighted by atomic mass is 16.3. The predicted octanol–water partition coefficient (Wildman–Crippen LogP) is 1.31. The van der Waals surface area contributed by atoms with Crippen molar-refractivity contribution in [3.63, 3.8) is 0 Å². The molecule has 0 amide bonds. The molecule has 0 spiro atoms. The lowest BCUT2D eigenvalue weighted by Crippen LogP contribution is -2.39. The Kier molecular flexibility index (Phi) is 2.84. The van der Waals surface area contributed by atoms with E-state index in [1.807, 2.05) is 0 Å². The molecule has 3 rings (SSSR count). The second-order valence-electron chi connectivity index (χ2n) is 5.28. The van der Waals surface area contributed by atoms with Crippen LogP contribution >= 0.6 is 0 Å². The van der Waals surface area contributed by atoms with E-state index in [0.29, 0.717) is 18.0 Å². The zero-order valence-corrected chi connectivity index (χ0v) is 10.2. The fourth-order valence-electron chi connectivity index (χ4n) is 3.32. The van der Waals surface area contributed by atoms with Crippen molar-refractivity contribution in [2.75, 3.05) is 7.05 Å². The van der Waals surface area contributed by atoms with Crippen molar-refractivity contribution in [3.8, 4) is 0 Å². The third-order valence-electron chi connectivity index (χ3n) is 4.36. The second-order valence-corrected chi connectivity index (χ2v) is 5.28. The number of hydrogen-bond acceptors (Lipinski definition) is 4. The molecule has 2 atom stereocenters. The van der Waals surface area contributed by atoms with Crippen LogP contribution in [0.1, 0.15) is 43.1 Å². The molecule has 0 aliphatic carbocycles. The monoisotopic (exact) mass is 233 g/mol. The highest BCUT2D eigenvalue weighted by molar-refractivity contribution is 5.09. The van der Waals surface area contributed by atoms with Gasteiger partial charge in [0.05, 0.1) is 12.3 Å². The van der Waals surface area contributed by atoms with Gasteiger partial charge in [0, 0.05) is 24.2 Å². The number of aromatic nitrogens is 2. The summed E-state index contributed by atoms with van der Waals surface area (Å²) in [4.78, 5) is 11.4. The van der Waals surface area contributed by atoms with Crippen LogP contribution < -0.4 is 0 Å². The molecule has 4 heteroatoms. The van der Waals surface area contributed by atoms with Crippen LogP contribution in [0.5, 0.6) is 0 Å². The molecule has 2 unspecified atom stereocenters. The summed E-state index contributed by atoms with van der Waals surface area (Å²) in [6, 6.07) is 3.20. The quantitative estimate of drug-likeness (QED) is 0.836. The number of piperidine rings is 1. The zero-order chi connectivity index (χ0) is 11.8. The number of hydrogen-bond donors (Lipinski definition) is 1. The van der Waals surface area contributed by atoms with Gasteiger partial charge in [0.25, 0.3) is 0 Å². The van der Waals surface area contributed by atoms with E-state index in [0.717, 1.165) is 11.5 Å². The van der Waals surface area contributed by atoms with E-state index in [9.17, 15) is 0 Å². The van der Waals surface area contributed by atoms with Crippen molar-refractivity contribution in [2.24, 2.45) is 0 Å². The molecule has 1 N–H and O–H groups in total. The standard InChI is InChI=1S/C13H19N3O/c1-16-11-2-3-12(16)7-9(6-11)13-14-5-4-10(8-17)15-13/h4-5,9,11-12,17H,2-3,6-8H2,1H3. The van der Waals surface area contributed by atoms with Gasteiger partial charge in [-0.3, -0.25) is 0 Å². The molecule has 3 heterocycles. The van der Waals surface area contributed by atoms with Crippen LogP contribution in [0.4, 0.5) is 0 Å². The summed E-state index contributed by atoms with van der Waals surface area (Å²) in [6.07, 6.45) is 6.74. The number of nitrogens with zero attached hydrogens (tertiary/aromatic N) is 3. The van der Waals surface area contributed by atoms with Gasteiger partial charge in [-0.1, -0.05) is 0 Å². The smallest absolute Gasteiger partial charge is 0.131 e. The largest absolute Gasteiger partial charge is 0.390 e. The summed E-state index contributed by atoms with van der Waals surface area (Å²) >= 11 is 0. The summed E-state index contributed by atoms with van der Waals surface area (Å²) in [5.74, 6) is 1.41. The third kappa shape index (κ3) is 1.96. The fraction of sp³-hybridized carbons (Fsp3) is 0.692. The van der Waals surface area contributed by atoms with Gasteiger partial charge >= 0.3 is 0 Å².